The molecule has 0 amide bonds. The number of aromatic carboxylic acids is 1. The zero-order valence-electron chi connectivity index (χ0n) is 13.0. The third-order valence-electron chi connectivity index (χ3n) is 4.49. The molecule has 0 saturated carbocycles. The smallest absolute Gasteiger partial charge is 0.335 e. The van der Waals surface area contributed by atoms with E-state index in [1.54, 1.807) is 36.8 Å². The molecule has 1 fully saturated rings. The Morgan fingerprint density at radius 1 is 1.25 bits per heavy atom. The Morgan fingerprint density at radius 3 is 2.71 bits per heavy atom. The minimum absolute atomic E-state index is 0.0717. The molecule has 2 aromatic heterocycles. The van der Waals surface area contributed by atoms with E-state index in [0.717, 1.165) is 41.9 Å². The van der Waals surface area contributed by atoms with Crippen LogP contribution in [0.5, 0.6) is 0 Å². The van der Waals surface area contributed by atoms with Crippen LogP contribution >= 0.6 is 0 Å². The highest BCUT2D eigenvalue weighted by Crippen LogP contribution is 2.34. The predicted octanol–water partition coefficient (Wildman–Crippen LogP) is 2.11. The summed E-state index contributed by atoms with van der Waals surface area (Å²) >= 11 is 0. The lowest BCUT2D eigenvalue weighted by molar-refractivity contribution is 0.0697. The van der Waals surface area contributed by atoms with Gasteiger partial charge >= 0.3 is 5.97 Å². The summed E-state index contributed by atoms with van der Waals surface area (Å²) in [5.41, 5.74) is 3.73. The van der Waals surface area contributed by atoms with Gasteiger partial charge in [0.1, 0.15) is 6.33 Å². The lowest BCUT2D eigenvalue weighted by atomic mass is 10.0. The first kappa shape index (κ1) is 14.8. The topological polar surface area (TPSA) is 96.8 Å². The number of hydrogen-bond acceptors (Lipinski definition) is 5. The molecule has 7 nitrogen and oxygen atoms in total. The number of carboxylic acid groups (broad SMARTS) is 1. The molecule has 0 spiro atoms. The summed E-state index contributed by atoms with van der Waals surface area (Å²) < 4.78 is 1.94. The maximum atomic E-state index is 11.0. The van der Waals surface area contributed by atoms with Gasteiger partial charge in [0.15, 0.2) is 0 Å². The van der Waals surface area contributed by atoms with Gasteiger partial charge in [0, 0.05) is 24.5 Å². The van der Waals surface area contributed by atoms with Crippen molar-refractivity contribution < 1.29 is 9.90 Å². The van der Waals surface area contributed by atoms with Crippen molar-refractivity contribution >= 4 is 11.5 Å². The van der Waals surface area contributed by atoms with Gasteiger partial charge in [-0.05, 0) is 25.0 Å². The molecule has 3 aromatic rings. The van der Waals surface area contributed by atoms with Gasteiger partial charge in [-0.15, -0.1) is 0 Å². The second-order valence-electron chi connectivity index (χ2n) is 5.94. The number of nitrogens with two attached hydrogens (primary N) is 1. The molecule has 1 aliphatic heterocycles. The lowest BCUT2D eigenvalue weighted by Gasteiger charge is -2.19. The van der Waals surface area contributed by atoms with E-state index in [0.29, 0.717) is 0 Å². The number of imidazole rings is 1. The second-order valence-corrected chi connectivity index (χ2v) is 5.94. The second kappa shape index (κ2) is 5.70. The molecule has 0 radical (unpaired) electrons. The highest BCUT2D eigenvalue weighted by atomic mass is 16.4. The van der Waals surface area contributed by atoms with Crippen molar-refractivity contribution in [3.8, 4) is 11.3 Å². The van der Waals surface area contributed by atoms with Gasteiger partial charge in [0.2, 0.25) is 0 Å². The van der Waals surface area contributed by atoms with Crippen LogP contribution in [0.1, 0.15) is 34.9 Å². The number of hydrogen-bond donors (Lipinski definition) is 2. The third kappa shape index (κ3) is 2.34. The standard InChI is InChI=1S/C17H17N5O2/c18-22-8-1-2-13(22)15-16-14(20-10-21(16)9-7-19-15)11-3-5-12(6-4-11)17(23)24/h3-7,9-10,13H,1-2,8,18H2,(H,23,24)/t13-/m0/s1. The highest BCUT2D eigenvalue weighted by Gasteiger charge is 2.28. The van der Waals surface area contributed by atoms with E-state index in [9.17, 15) is 4.79 Å². The zero-order chi connectivity index (χ0) is 16.7. The van der Waals surface area contributed by atoms with Crippen molar-refractivity contribution in [2.75, 3.05) is 6.54 Å². The Kier molecular flexibility index (Phi) is 3.51. The van der Waals surface area contributed by atoms with Crippen LogP contribution in [0, 0.1) is 0 Å². The van der Waals surface area contributed by atoms with Crippen LogP contribution in [-0.4, -0.2) is 37.0 Å². The molecule has 3 N–H and O–H groups in total. The van der Waals surface area contributed by atoms with Gasteiger partial charge in [-0.3, -0.25) is 10.8 Å². The van der Waals surface area contributed by atoms with Crippen LogP contribution in [-0.2, 0) is 0 Å². The first-order valence-electron chi connectivity index (χ1n) is 7.82. The molecule has 1 atom stereocenters. The normalized spacial score (nSPS) is 18.3. The van der Waals surface area contributed by atoms with E-state index in [1.807, 2.05) is 15.6 Å². The monoisotopic (exact) mass is 323 g/mol. The Bertz CT molecular complexity index is 903. The summed E-state index contributed by atoms with van der Waals surface area (Å²) in [6.07, 6.45) is 7.37. The molecule has 24 heavy (non-hydrogen) atoms. The molecule has 4 rings (SSSR count). The molecular weight excluding hydrogens is 306 g/mol. The largest absolute Gasteiger partial charge is 0.478 e. The fourth-order valence-corrected chi connectivity index (χ4v) is 3.28. The Hall–Kier alpha value is -2.77. The van der Waals surface area contributed by atoms with E-state index in [1.165, 1.54) is 0 Å². The van der Waals surface area contributed by atoms with E-state index in [2.05, 4.69) is 9.97 Å². The van der Waals surface area contributed by atoms with Gasteiger partial charge in [-0.25, -0.2) is 14.8 Å². The number of benzene rings is 1. The molecule has 1 aliphatic rings. The maximum absolute atomic E-state index is 11.0. The average Bonchev–Trinajstić information content (AvgIpc) is 3.21. The number of rotatable bonds is 3. The van der Waals surface area contributed by atoms with Crippen LogP contribution in [0.25, 0.3) is 16.8 Å². The van der Waals surface area contributed by atoms with Crippen molar-refractivity contribution in [2.45, 2.75) is 18.9 Å². The van der Waals surface area contributed by atoms with E-state index in [4.69, 9.17) is 10.9 Å². The summed E-state index contributed by atoms with van der Waals surface area (Å²) in [7, 11) is 0. The van der Waals surface area contributed by atoms with Crippen molar-refractivity contribution in [1.29, 1.82) is 0 Å². The molecule has 3 heterocycles. The molecule has 1 saturated heterocycles. The Labute approximate surface area is 138 Å². The molecule has 7 heteroatoms. The molecular formula is C17H17N5O2. The van der Waals surface area contributed by atoms with Gasteiger partial charge < -0.3 is 9.51 Å². The van der Waals surface area contributed by atoms with E-state index in [-0.39, 0.29) is 11.6 Å². The maximum Gasteiger partial charge on any atom is 0.335 e. The van der Waals surface area contributed by atoms with Gasteiger partial charge in [-0.1, -0.05) is 12.1 Å². The molecule has 0 aliphatic carbocycles. The fraction of sp³-hybridized carbons (Fsp3) is 0.235. The number of carbonyl (C=O) groups is 1. The molecule has 1 aromatic carbocycles. The van der Waals surface area contributed by atoms with Crippen molar-refractivity contribution in [2.24, 2.45) is 5.84 Å². The summed E-state index contributed by atoms with van der Waals surface area (Å²) in [6, 6.07) is 6.80. The van der Waals surface area contributed by atoms with Crippen molar-refractivity contribution in [1.82, 2.24) is 19.4 Å². The van der Waals surface area contributed by atoms with Gasteiger partial charge in [0.05, 0.1) is 28.5 Å². The first-order chi connectivity index (χ1) is 11.6. The minimum Gasteiger partial charge on any atom is -0.478 e. The summed E-state index contributed by atoms with van der Waals surface area (Å²) in [5.74, 6) is 5.17. The lowest BCUT2D eigenvalue weighted by Crippen LogP contribution is -2.30. The van der Waals surface area contributed by atoms with Crippen molar-refractivity contribution in [3.05, 3.63) is 54.2 Å². The average molecular weight is 323 g/mol. The predicted molar refractivity (Wildman–Crippen MR) is 88.3 cm³/mol. The number of aromatic nitrogens is 3. The Morgan fingerprint density at radius 2 is 2.04 bits per heavy atom. The van der Waals surface area contributed by atoms with Crippen molar-refractivity contribution in [3.63, 3.8) is 0 Å². The highest BCUT2D eigenvalue weighted by molar-refractivity contribution is 5.89. The number of hydrazine groups is 1. The molecule has 122 valence electrons. The van der Waals surface area contributed by atoms with Crippen LogP contribution in [0.3, 0.4) is 0 Å². The minimum atomic E-state index is -0.941. The Balaban J connectivity index is 1.85. The van der Waals surface area contributed by atoms with Crippen LogP contribution in [0.2, 0.25) is 0 Å². The van der Waals surface area contributed by atoms with Crippen LogP contribution in [0.4, 0.5) is 0 Å². The summed E-state index contributed by atoms with van der Waals surface area (Å²) in [4.78, 5) is 20.1. The number of carboxylic acids is 1. The van der Waals surface area contributed by atoms with E-state index >= 15 is 0 Å². The first-order valence-corrected chi connectivity index (χ1v) is 7.82. The van der Waals surface area contributed by atoms with Crippen LogP contribution in [0.15, 0.2) is 43.0 Å². The summed E-state index contributed by atoms with van der Waals surface area (Å²) in [5, 5.41) is 10.9. The van der Waals surface area contributed by atoms with E-state index < -0.39 is 5.97 Å². The van der Waals surface area contributed by atoms with Gasteiger partial charge in [-0.2, -0.15) is 0 Å². The molecule has 0 bridgehead atoms. The number of fused-ring (bicyclic) bond motifs is 1. The quantitative estimate of drug-likeness (QED) is 0.717. The number of nitrogens with zero attached hydrogens (tertiary/aromatic N) is 4. The fourth-order valence-electron chi connectivity index (χ4n) is 3.28. The van der Waals surface area contributed by atoms with Gasteiger partial charge in [0.25, 0.3) is 0 Å². The van der Waals surface area contributed by atoms with Crippen LogP contribution < -0.4 is 5.84 Å². The SMILES string of the molecule is NN1CCC[C@H]1c1nccn2cnc(-c3ccc(C(=O)O)cc3)c12. The zero-order valence-corrected chi connectivity index (χ0v) is 13.0. The molecule has 0 unspecified atom stereocenters. The summed E-state index contributed by atoms with van der Waals surface area (Å²) in [6.45, 7) is 0.851. The third-order valence-corrected chi connectivity index (χ3v) is 4.49.